The van der Waals surface area contributed by atoms with Gasteiger partial charge in [-0.3, -0.25) is 19.8 Å². The molecule has 0 aromatic heterocycles. The first-order chi connectivity index (χ1) is 9.95. The summed E-state index contributed by atoms with van der Waals surface area (Å²) in [6.45, 7) is 3.62. The van der Waals surface area contributed by atoms with Gasteiger partial charge in [-0.2, -0.15) is 0 Å². The van der Waals surface area contributed by atoms with Crippen molar-refractivity contribution in [2.75, 3.05) is 25.0 Å². The SMILES string of the molecule is Cc1ccc([N+](=O)[O-])c(NC(=O)CN2CCC(N)CC2)c1. The van der Waals surface area contributed by atoms with Crippen LogP contribution in [0.4, 0.5) is 11.4 Å². The molecule has 2 rings (SSSR count). The summed E-state index contributed by atoms with van der Waals surface area (Å²) >= 11 is 0. The molecule has 21 heavy (non-hydrogen) atoms. The van der Waals surface area contributed by atoms with Crippen LogP contribution in [0, 0.1) is 17.0 Å². The van der Waals surface area contributed by atoms with E-state index in [0.717, 1.165) is 31.5 Å². The van der Waals surface area contributed by atoms with Gasteiger partial charge in [-0.15, -0.1) is 0 Å². The first-order valence-electron chi connectivity index (χ1n) is 6.98. The van der Waals surface area contributed by atoms with Crippen LogP contribution in [0.25, 0.3) is 0 Å². The van der Waals surface area contributed by atoms with Crippen LogP contribution in [-0.2, 0) is 4.79 Å². The quantitative estimate of drug-likeness (QED) is 0.642. The van der Waals surface area contributed by atoms with Gasteiger partial charge in [0, 0.05) is 25.2 Å². The predicted octanol–water partition coefficient (Wildman–Crippen LogP) is 1.26. The Morgan fingerprint density at radius 2 is 2.14 bits per heavy atom. The van der Waals surface area contributed by atoms with Gasteiger partial charge in [0.05, 0.1) is 11.5 Å². The second-order valence-corrected chi connectivity index (χ2v) is 5.44. The number of rotatable bonds is 4. The van der Waals surface area contributed by atoms with E-state index in [1.54, 1.807) is 12.1 Å². The van der Waals surface area contributed by atoms with Crippen molar-refractivity contribution < 1.29 is 9.72 Å². The fraction of sp³-hybridized carbons (Fsp3) is 0.500. The van der Waals surface area contributed by atoms with Gasteiger partial charge >= 0.3 is 0 Å². The number of carbonyl (C=O) groups is 1. The fourth-order valence-corrected chi connectivity index (χ4v) is 2.41. The first-order valence-corrected chi connectivity index (χ1v) is 6.98. The normalized spacial score (nSPS) is 16.7. The van der Waals surface area contributed by atoms with Crippen molar-refractivity contribution in [2.45, 2.75) is 25.8 Å². The summed E-state index contributed by atoms with van der Waals surface area (Å²) < 4.78 is 0. The number of benzene rings is 1. The van der Waals surface area contributed by atoms with Crippen LogP contribution in [0.3, 0.4) is 0 Å². The molecule has 0 spiro atoms. The lowest BCUT2D eigenvalue weighted by Gasteiger charge is -2.29. The first kappa shape index (κ1) is 15.4. The molecule has 0 radical (unpaired) electrons. The van der Waals surface area contributed by atoms with Crippen molar-refractivity contribution in [2.24, 2.45) is 5.73 Å². The molecule has 0 saturated carbocycles. The minimum absolute atomic E-state index is 0.0883. The highest BCUT2D eigenvalue weighted by Gasteiger charge is 2.20. The number of carbonyl (C=O) groups excluding carboxylic acids is 1. The Hall–Kier alpha value is -1.99. The molecule has 1 aromatic carbocycles. The number of hydrogen-bond acceptors (Lipinski definition) is 5. The van der Waals surface area contributed by atoms with E-state index in [0.29, 0.717) is 0 Å². The topological polar surface area (TPSA) is 102 Å². The molecule has 1 saturated heterocycles. The molecule has 0 unspecified atom stereocenters. The number of aryl methyl sites for hydroxylation is 1. The van der Waals surface area contributed by atoms with Crippen molar-refractivity contribution in [1.29, 1.82) is 0 Å². The van der Waals surface area contributed by atoms with Crippen molar-refractivity contribution in [3.05, 3.63) is 33.9 Å². The fourth-order valence-electron chi connectivity index (χ4n) is 2.41. The molecular formula is C14H20N4O3. The highest BCUT2D eigenvalue weighted by molar-refractivity contribution is 5.94. The van der Waals surface area contributed by atoms with Gasteiger partial charge < -0.3 is 11.1 Å². The molecule has 114 valence electrons. The van der Waals surface area contributed by atoms with Crippen LogP contribution in [0.1, 0.15) is 18.4 Å². The third-order valence-electron chi connectivity index (χ3n) is 3.62. The highest BCUT2D eigenvalue weighted by atomic mass is 16.6. The number of hydrogen-bond donors (Lipinski definition) is 2. The molecule has 1 amide bonds. The molecule has 1 heterocycles. The van der Waals surface area contributed by atoms with E-state index in [1.807, 2.05) is 11.8 Å². The molecule has 7 nitrogen and oxygen atoms in total. The van der Waals surface area contributed by atoms with Gasteiger partial charge in [0.25, 0.3) is 5.69 Å². The minimum atomic E-state index is -0.491. The van der Waals surface area contributed by atoms with Gasteiger partial charge in [0.2, 0.25) is 5.91 Å². The Morgan fingerprint density at radius 3 is 2.76 bits per heavy atom. The standard InChI is InChI=1S/C14H20N4O3/c1-10-2-3-13(18(20)21)12(8-10)16-14(19)9-17-6-4-11(15)5-7-17/h2-3,8,11H,4-7,9,15H2,1H3,(H,16,19). The van der Waals surface area contributed by atoms with Crippen LogP contribution >= 0.6 is 0 Å². The zero-order chi connectivity index (χ0) is 15.4. The molecule has 3 N–H and O–H groups in total. The van der Waals surface area contributed by atoms with Crippen LogP contribution in [0.2, 0.25) is 0 Å². The molecule has 0 bridgehead atoms. The van der Waals surface area contributed by atoms with Gasteiger partial charge in [-0.05, 0) is 31.4 Å². The Balaban J connectivity index is 1.99. The van der Waals surface area contributed by atoms with E-state index in [9.17, 15) is 14.9 Å². The summed E-state index contributed by atoms with van der Waals surface area (Å²) in [6.07, 6.45) is 1.75. The maximum Gasteiger partial charge on any atom is 0.292 e. The molecule has 1 aliphatic rings. The Labute approximate surface area is 123 Å². The van der Waals surface area contributed by atoms with Crippen molar-refractivity contribution in [3.8, 4) is 0 Å². The maximum atomic E-state index is 12.0. The summed E-state index contributed by atoms with van der Waals surface area (Å²) in [5, 5.41) is 13.6. The Kier molecular flexibility index (Phi) is 4.87. The Morgan fingerprint density at radius 1 is 1.48 bits per heavy atom. The molecule has 1 aromatic rings. The van der Waals surface area contributed by atoms with E-state index in [4.69, 9.17) is 5.73 Å². The van der Waals surface area contributed by atoms with Crippen molar-refractivity contribution >= 4 is 17.3 Å². The molecule has 1 aliphatic heterocycles. The van der Waals surface area contributed by atoms with Crippen LogP contribution in [0.15, 0.2) is 18.2 Å². The van der Waals surface area contributed by atoms with E-state index in [-0.39, 0.29) is 29.9 Å². The number of nitro benzene ring substituents is 1. The zero-order valence-electron chi connectivity index (χ0n) is 12.0. The van der Waals surface area contributed by atoms with Crippen molar-refractivity contribution in [3.63, 3.8) is 0 Å². The van der Waals surface area contributed by atoms with Gasteiger partial charge in [-0.25, -0.2) is 0 Å². The van der Waals surface area contributed by atoms with Crippen LogP contribution in [0.5, 0.6) is 0 Å². The average Bonchev–Trinajstić information content (AvgIpc) is 2.41. The smallest absolute Gasteiger partial charge is 0.292 e. The summed E-state index contributed by atoms with van der Waals surface area (Å²) in [5.74, 6) is -0.237. The number of nitro groups is 1. The number of amides is 1. The predicted molar refractivity (Wildman–Crippen MR) is 80.1 cm³/mol. The molecule has 1 fully saturated rings. The second-order valence-electron chi connectivity index (χ2n) is 5.44. The number of anilines is 1. The number of nitrogens with two attached hydrogens (primary N) is 1. The average molecular weight is 292 g/mol. The highest BCUT2D eigenvalue weighted by Crippen LogP contribution is 2.25. The Bertz CT molecular complexity index is 539. The number of nitrogens with zero attached hydrogens (tertiary/aromatic N) is 2. The van der Waals surface area contributed by atoms with E-state index in [1.165, 1.54) is 6.07 Å². The lowest BCUT2D eigenvalue weighted by molar-refractivity contribution is -0.383. The van der Waals surface area contributed by atoms with Crippen molar-refractivity contribution in [1.82, 2.24) is 4.90 Å². The summed E-state index contributed by atoms with van der Waals surface area (Å²) in [7, 11) is 0. The largest absolute Gasteiger partial charge is 0.328 e. The number of nitrogens with one attached hydrogen (secondary N) is 1. The molecule has 7 heteroatoms. The van der Waals surface area contributed by atoms with E-state index in [2.05, 4.69) is 5.32 Å². The minimum Gasteiger partial charge on any atom is -0.328 e. The monoisotopic (exact) mass is 292 g/mol. The van der Waals surface area contributed by atoms with E-state index < -0.39 is 4.92 Å². The van der Waals surface area contributed by atoms with Gasteiger partial charge in [0.1, 0.15) is 5.69 Å². The summed E-state index contributed by atoms with van der Waals surface area (Å²) in [6, 6.07) is 4.88. The van der Waals surface area contributed by atoms with Crippen LogP contribution < -0.4 is 11.1 Å². The van der Waals surface area contributed by atoms with Gasteiger partial charge in [0.15, 0.2) is 0 Å². The third-order valence-corrected chi connectivity index (χ3v) is 3.62. The second kappa shape index (κ2) is 6.64. The summed E-state index contributed by atoms with van der Waals surface area (Å²) in [5.41, 5.74) is 6.84. The van der Waals surface area contributed by atoms with E-state index >= 15 is 0 Å². The maximum absolute atomic E-state index is 12.0. The number of likely N-dealkylation sites (tertiary alicyclic amines) is 1. The molecular weight excluding hydrogens is 272 g/mol. The summed E-state index contributed by atoms with van der Waals surface area (Å²) in [4.78, 5) is 24.5. The lowest BCUT2D eigenvalue weighted by atomic mass is 10.1. The lowest BCUT2D eigenvalue weighted by Crippen LogP contribution is -2.43. The van der Waals surface area contributed by atoms with Gasteiger partial charge in [-0.1, -0.05) is 6.07 Å². The van der Waals surface area contributed by atoms with Crippen LogP contribution in [-0.4, -0.2) is 41.4 Å². The third kappa shape index (κ3) is 4.24. The molecule has 0 atom stereocenters. The zero-order valence-corrected chi connectivity index (χ0v) is 12.0. The molecule has 0 aliphatic carbocycles. The number of piperidine rings is 1.